The predicted octanol–water partition coefficient (Wildman–Crippen LogP) is 2.11. The van der Waals surface area contributed by atoms with Crippen LogP contribution in [-0.4, -0.2) is 10.3 Å². The molecule has 4 heteroatoms. The molecule has 0 aliphatic rings. The molecule has 0 radical (unpaired) electrons. The zero-order chi connectivity index (χ0) is 9.84. The van der Waals surface area contributed by atoms with E-state index in [-0.39, 0.29) is 4.87 Å². The van der Waals surface area contributed by atoms with E-state index in [2.05, 4.69) is 26.5 Å². The Kier molecular flexibility index (Phi) is 4.06. The van der Waals surface area contributed by atoms with E-state index in [1.165, 1.54) is 11.3 Å². The van der Waals surface area contributed by atoms with Gasteiger partial charge in [-0.2, -0.15) is 12.6 Å². The Hall–Kier alpha value is -0.220. The standard InChI is InChI=1S/C9H15NOS2/c1-7(2)8(6-12)5-10-3-4-13-9(10)11/h3-4,7-8,12H,5-6H2,1-2H3. The normalized spacial score (nSPS) is 13.5. The molecule has 1 rings (SSSR count). The van der Waals surface area contributed by atoms with E-state index in [1.54, 1.807) is 4.57 Å². The summed E-state index contributed by atoms with van der Waals surface area (Å²) in [5, 5.41) is 1.83. The number of nitrogens with zero attached hydrogens (tertiary/aromatic N) is 1. The van der Waals surface area contributed by atoms with Gasteiger partial charge in [0.05, 0.1) is 0 Å². The van der Waals surface area contributed by atoms with Crippen molar-refractivity contribution in [3.05, 3.63) is 21.2 Å². The number of aromatic nitrogens is 1. The van der Waals surface area contributed by atoms with Crippen LogP contribution in [0.3, 0.4) is 0 Å². The highest BCUT2D eigenvalue weighted by Gasteiger charge is 2.12. The SMILES string of the molecule is CC(C)C(CS)Cn1ccsc1=O. The molecular weight excluding hydrogens is 202 g/mol. The number of hydrogen-bond acceptors (Lipinski definition) is 3. The second-order valence-electron chi connectivity index (χ2n) is 3.51. The second kappa shape index (κ2) is 4.86. The maximum absolute atomic E-state index is 11.2. The van der Waals surface area contributed by atoms with Crippen LogP contribution in [0, 0.1) is 11.8 Å². The van der Waals surface area contributed by atoms with Crippen LogP contribution in [0.1, 0.15) is 13.8 Å². The highest BCUT2D eigenvalue weighted by molar-refractivity contribution is 7.80. The van der Waals surface area contributed by atoms with Crippen LogP contribution < -0.4 is 4.87 Å². The summed E-state index contributed by atoms with van der Waals surface area (Å²) in [6, 6.07) is 0. The minimum atomic E-state index is 0.132. The van der Waals surface area contributed by atoms with Crippen LogP contribution in [0.15, 0.2) is 16.4 Å². The largest absolute Gasteiger partial charge is 0.307 e. The van der Waals surface area contributed by atoms with Crippen LogP contribution in [0.25, 0.3) is 0 Å². The molecule has 13 heavy (non-hydrogen) atoms. The third kappa shape index (κ3) is 2.88. The van der Waals surface area contributed by atoms with Crippen molar-refractivity contribution in [1.29, 1.82) is 0 Å². The molecule has 0 amide bonds. The maximum Gasteiger partial charge on any atom is 0.307 e. The van der Waals surface area contributed by atoms with Gasteiger partial charge in [0.1, 0.15) is 0 Å². The summed E-state index contributed by atoms with van der Waals surface area (Å²) in [4.78, 5) is 11.4. The van der Waals surface area contributed by atoms with Crippen LogP contribution in [-0.2, 0) is 6.54 Å². The van der Waals surface area contributed by atoms with E-state index < -0.39 is 0 Å². The van der Waals surface area contributed by atoms with E-state index in [1.807, 2.05) is 11.6 Å². The lowest BCUT2D eigenvalue weighted by Gasteiger charge is -2.18. The zero-order valence-corrected chi connectivity index (χ0v) is 9.65. The van der Waals surface area contributed by atoms with Crippen molar-refractivity contribution in [1.82, 2.24) is 4.57 Å². The summed E-state index contributed by atoms with van der Waals surface area (Å²) in [5.74, 6) is 1.89. The third-order valence-electron chi connectivity index (χ3n) is 2.25. The van der Waals surface area contributed by atoms with Crippen molar-refractivity contribution in [3.63, 3.8) is 0 Å². The van der Waals surface area contributed by atoms with Crippen molar-refractivity contribution in [2.45, 2.75) is 20.4 Å². The molecule has 0 N–H and O–H groups in total. The smallest absolute Gasteiger partial charge is 0.306 e. The second-order valence-corrected chi connectivity index (χ2v) is 4.73. The molecule has 0 bridgehead atoms. The molecule has 0 saturated carbocycles. The van der Waals surface area contributed by atoms with Crippen molar-refractivity contribution in [2.24, 2.45) is 11.8 Å². The first-order chi connectivity index (χ1) is 6.15. The molecule has 1 heterocycles. The van der Waals surface area contributed by atoms with Crippen molar-refractivity contribution in [3.8, 4) is 0 Å². The van der Waals surface area contributed by atoms with Gasteiger partial charge in [0, 0.05) is 18.1 Å². The molecule has 0 saturated heterocycles. The fourth-order valence-corrected chi connectivity index (χ4v) is 2.29. The minimum absolute atomic E-state index is 0.132. The van der Waals surface area contributed by atoms with E-state index in [4.69, 9.17) is 0 Å². The molecule has 0 fully saturated rings. The van der Waals surface area contributed by atoms with Crippen molar-refractivity contribution < 1.29 is 0 Å². The molecular formula is C9H15NOS2. The van der Waals surface area contributed by atoms with E-state index >= 15 is 0 Å². The van der Waals surface area contributed by atoms with Crippen molar-refractivity contribution in [2.75, 3.05) is 5.75 Å². The summed E-state index contributed by atoms with van der Waals surface area (Å²) in [6.45, 7) is 5.13. The molecule has 1 atom stereocenters. The van der Waals surface area contributed by atoms with Crippen LogP contribution >= 0.6 is 24.0 Å². The Labute approximate surface area is 88.0 Å². The van der Waals surface area contributed by atoms with Crippen LogP contribution in [0.4, 0.5) is 0 Å². The van der Waals surface area contributed by atoms with Gasteiger partial charge in [-0.05, 0) is 17.6 Å². The van der Waals surface area contributed by atoms with E-state index in [9.17, 15) is 4.79 Å². The van der Waals surface area contributed by atoms with Gasteiger partial charge in [0.25, 0.3) is 0 Å². The van der Waals surface area contributed by atoms with Crippen LogP contribution in [0.2, 0.25) is 0 Å². The molecule has 2 nitrogen and oxygen atoms in total. The number of rotatable bonds is 4. The zero-order valence-electron chi connectivity index (χ0n) is 7.93. The number of hydrogen-bond donors (Lipinski definition) is 1. The highest BCUT2D eigenvalue weighted by atomic mass is 32.1. The van der Waals surface area contributed by atoms with Crippen LogP contribution in [0.5, 0.6) is 0 Å². The first kappa shape index (κ1) is 10.9. The van der Waals surface area contributed by atoms with Gasteiger partial charge < -0.3 is 4.57 Å². The Morgan fingerprint density at radius 1 is 1.62 bits per heavy atom. The first-order valence-electron chi connectivity index (χ1n) is 4.40. The average molecular weight is 217 g/mol. The summed E-state index contributed by atoms with van der Waals surface area (Å²) in [5.41, 5.74) is 0. The van der Waals surface area contributed by atoms with Gasteiger partial charge >= 0.3 is 4.87 Å². The molecule has 1 aromatic rings. The molecule has 0 aliphatic carbocycles. The third-order valence-corrected chi connectivity index (χ3v) is 3.42. The topological polar surface area (TPSA) is 22.0 Å². The Balaban J connectivity index is 2.67. The average Bonchev–Trinajstić information content (AvgIpc) is 2.46. The Morgan fingerprint density at radius 2 is 2.31 bits per heavy atom. The molecule has 0 spiro atoms. The lowest BCUT2D eigenvalue weighted by atomic mass is 9.98. The lowest BCUT2D eigenvalue weighted by Crippen LogP contribution is -2.23. The fraction of sp³-hybridized carbons (Fsp3) is 0.667. The van der Waals surface area contributed by atoms with Gasteiger partial charge in [-0.15, -0.1) is 0 Å². The van der Waals surface area contributed by atoms with Gasteiger partial charge in [-0.25, -0.2) is 0 Å². The van der Waals surface area contributed by atoms with Gasteiger partial charge in [-0.3, -0.25) is 4.79 Å². The van der Waals surface area contributed by atoms with Gasteiger partial charge in [0.2, 0.25) is 0 Å². The quantitative estimate of drug-likeness (QED) is 0.767. The molecule has 0 aromatic carbocycles. The molecule has 1 aromatic heterocycles. The Bertz CT molecular complexity index is 303. The summed E-state index contributed by atoms with van der Waals surface area (Å²) < 4.78 is 1.77. The Morgan fingerprint density at radius 3 is 2.69 bits per heavy atom. The fourth-order valence-electron chi connectivity index (χ4n) is 1.16. The number of thiol groups is 1. The van der Waals surface area contributed by atoms with E-state index in [0.29, 0.717) is 11.8 Å². The lowest BCUT2D eigenvalue weighted by molar-refractivity contribution is 0.370. The summed E-state index contributed by atoms with van der Waals surface area (Å²) in [7, 11) is 0. The van der Waals surface area contributed by atoms with E-state index in [0.717, 1.165) is 12.3 Å². The van der Waals surface area contributed by atoms with Crippen molar-refractivity contribution >= 4 is 24.0 Å². The highest BCUT2D eigenvalue weighted by Crippen LogP contribution is 2.14. The molecule has 74 valence electrons. The van der Waals surface area contributed by atoms with Gasteiger partial charge in [-0.1, -0.05) is 25.2 Å². The number of thiazole rings is 1. The summed E-state index contributed by atoms with van der Waals surface area (Å²) in [6.07, 6.45) is 1.85. The maximum atomic E-state index is 11.2. The first-order valence-corrected chi connectivity index (χ1v) is 5.91. The molecule has 1 unspecified atom stereocenters. The monoisotopic (exact) mass is 217 g/mol. The molecule has 0 aliphatic heterocycles. The van der Waals surface area contributed by atoms with Gasteiger partial charge in [0.15, 0.2) is 0 Å². The minimum Gasteiger partial charge on any atom is -0.306 e. The summed E-state index contributed by atoms with van der Waals surface area (Å²) >= 11 is 5.54. The predicted molar refractivity (Wildman–Crippen MR) is 60.8 cm³/mol.